The van der Waals surface area contributed by atoms with Crippen LogP contribution in [0.1, 0.15) is 19.8 Å². The molecular weight excluding hydrogens is 272 g/mol. The van der Waals surface area contributed by atoms with Gasteiger partial charge in [0.05, 0.1) is 11.0 Å². The average molecular weight is 290 g/mol. The summed E-state index contributed by atoms with van der Waals surface area (Å²) in [6, 6.07) is 5.25. The minimum absolute atomic E-state index is 0.0152. The molecule has 1 aromatic carbocycles. The molecule has 1 saturated heterocycles. The second-order valence-corrected chi connectivity index (χ2v) is 5.28. The van der Waals surface area contributed by atoms with Crippen LogP contribution >= 0.6 is 0 Å². The predicted molar refractivity (Wildman–Crippen MR) is 79.4 cm³/mol. The molecule has 0 aliphatic carbocycles. The van der Waals surface area contributed by atoms with Crippen LogP contribution in [0.15, 0.2) is 22.6 Å². The van der Waals surface area contributed by atoms with Crippen molar-refractivity contribution in [3.05, 3.63) is 28.3 Å². The van der Waals surface area contributed by atoms with Gasteiger partial charge in [0, 0.05) is 25.2 Å². The zero-order chi connectivity index (χ0) is 14.8. The summed E-state index contributed by atoms with van der Waals surface area (Å²) in [5.74, 6) is 0. The molecule has 21 heavy (non-hydrogen) atoms. The van der Waals surface area contributed by atoms with E-state index < -0.39 is 4.92 Å². The van der Waals surface area contributed by atoms with Crippen molar-refractivity contribution >= 4 is 22.8 Å². The van der Waals surface area contributed by atoms with E-state index >= 15 is 0 Å². The summed E-state index contributed by atoms with van der Waals surface area (Å²) in [4.78, 5) is 17.1. The number of nitrogens with one attached hydrogen (secondary N) is 1. The molecule has 112 valence electrons. The first-order valence-electron chi connectivity index (χ1n) is 7.19. The van der Waals surface area contributed by atoms with Gasteiger partial charge in [0.25, 0.3) is 11.7 Å². The van der Waals surface area contributed by atoms with Crippen LogP contribution in [0.25, 0.3) is 11.1 Å². The molecule has 0 bridgehead atoms. The van der Waals surface area contributed by atoms with Crippen molar-refractivity contribution in [2.45, 2.75) is 25.8 Å². The minimum Gasteiger partial charge on any atom is -0.423 e. The minimum atomic E-state index is -0.435. The van der Waals surface area contributed by atoms with Crippen molar-refractivity contribution in [1.29, 1.82) is 0 Å². The standard InChI is InChI=1S/C14H18N4O3/c1-2-17-7-5-10(6-8-17)15-14-16-12-4-3-11(18(19)20)9-13(12)21-14/h3-4,9-10H,2,5-8H2,1H3,(H,15,16). The molecule has 3 rings (SSSR count). The number of nitrogens with zero attached hydrogens (tertiary/aromatic N) is 3. The Kier molecular flexibility index (Phi) is 3.74. The van der Waals surface area contributed by atoms with Crippen LogP contribution in [-0.4, -0.2) is 40.5 Å². The molecule has 7 nitrogen and oxygen atoms in total. The van der Waals surface area contributed by atoms with E-state index in [1.165, 1.54) is 12.1 Å². The molecule has 1 fully saturated rings. The molecule has 7 heteroatoms. The van der Waals surface area contributed by atoms with Crippen LogP contribution in [0.2, 0.25) is 0 Å². The van der Waals surface area contributed by atoms with Crippen LogP contribution < -0.4 is 5.32 Å². The number of anilines is 1. The van der Waals surface area contributed by atoms with Gasteiger partial charge in [0.1, 0.15) is 5.52 Å². The highest BCUT2D eigenvalue weighted by atomic mass is 16.6. The summed E-state index contributed by atoms with van der Waals surface area (Å²) in [5.41, 5.74) is 1.09. The third-order valence-corrected chi connectivity index (χ3v) is 3.95. The van der Waals surface area contributed by atoms with E-state index in [9.17, 15) is 10.1 Å². The van der Waals surface area contributed by atoms with Crippen LogP contribution in [-0.2, 0) is 0 Å². The normalized spacial score (nSPS) is 17.2. The van der Waals surface area contributed by atoms with Crippen molar-refractivity contribution < 1.29 is 9.34 Å². The molecule has 0 amide bonds. The predicted octanol–water partition coefficient (Wildman–Crippen LogP) is 2.63. The Morgan fingerprint density at radius 1 is 1.48 bits per heavy atom. The highest BCUT2D eigenvalue weighted by Gasteiger charge is 2.20. The Hall–Kier alpha value is -2.15. The third-order valence-electron chi connectivity index (χ3n) is 3.95. The second-order valence-electron chi connectivity index (χ2n) is 5.28. The van der Waals surface area contributed by atoms with E-state index in [-0.39, 0.29) is 5.69 Å². The van der Waals surface area contributed by atoms with Gasteiger partial charge >= 0.3 is 0 Å². The third kappa shape index (κ3) is 2.97. The number of non-ortho nitro benzene ring substituents is 1. The number of oxazole rings is 1. The number of benzene rings is 1. The summed E-state index contributed by atoms with van der Waals surface area (Å²) < 4.78 is 5.57. The van der Waals surface area contributed by atoms with E-state index in [2.05, 4.69) is 22.1 Å². The highest BCUT2D eigenvalue weighted by Crippen LogP contribution is 2.25. The Bertz CT molecular complexity index is 647. The number of rotatable bonds is 4. The molecule has 0 radical (unpaired) electrons. The molecule has 0 atom stereocenters. The lowest BCUT2D eigenvalue weighted by Gasteiger charge is -2.30. The second kappa shape index (κ2) is 5.69. The molecule has 2 aromatic rings. The van der Waals surface area contributed by atoms with Gasteiger partial charge in [-0.15, -0.1) is 0 Å². The van der Waals surface area contributed by atoms with Crippen LogP contribution in [0.5, 0.6) is 0 Å². The van der Waals surface area contributed by atoms with Crippen molar-refractivity contribution in [1.82, 2.24) is 9.88 Å². The summed E-state index contributed by atoms with van der Waals surface area (Å²) in [7, 11) is 0. The Morgan fingerprint density at radius 3 is 2.90 bits per heavy atom. The van der Waals surface area contributed by atoms with Crippen LogP contribution in [0.4, 0.5) is 11.7 Å². The largest absolute Gasteiger partial charge is 0.423 e. The first kappa shape index (κ1) is 13.8. The first-order chi connectivity index (χ1) is 10.2. The summed E-state index contributed by atoms with van der Waals surface area (Å²) >= 11 is 0. The lowest BCUT2D eigenvalue weighted by atomic mass is 10.1. The number of piperidine rings is 1. The summed E-state index contributed by atoms with van der Waals surface area (Å²) in [5, 5.41) is 14.0. The average Bonchev–Trinajstić information content (AvgIpc) is 2.89. The molecule has 0 spiro atoms. The van der Waals surface area contributed by atoms with E-state index in [4.69, 9.17) is 4.42 Å². The number of nitro groups is 1. The Balaban J connectivity index is 1.71. The van der Waals surface area contributed by atoms with Crippen LogP contribution in [0.3, 0.4) is 0 Å². The molecule has 0 unspecified atom stereocenters. The van der Waals surface area contributed by atoms with E-state index in [0.29, 0.717) is 23.2 Å². The van der Waals surface area contributed by atoms with Gasteiger partial charge in [-0.1, -0.05) is 6.92 Å². The molecule has 0 saturated carbocycles. The monoisotopic (exact) mass is 290 g/mol. The van der Waals surface area contributed by atoms with Gasteiger partial charge in [0.2, 0.25) is 0 Å². The molecule has 1 N–H and O–H groups in total. The maximum atomic E-state index is 10.8. The lowest BCUT2D eigenvalue weighted by molar-refractivity contribution is -0.384. The number of likely N-dealkylation sites (tertiary alicyclic amines) is 1. The quantitative estimate of drug-likeness (QED) is 0.688. The zero-order valence-electron chi connectivity index (χ0n) is 11.9. The van der Waals surface area contributed by atoms with E-state index in [1.54, 1.807) is 6.07 Å². The van der Waals surface area contributed by atoms with Gasteiger partial charge in [0.15, 0.2) is 5.58 Å². The van der Waals surface area contributed by atoms with E-state index in [1.807, 2.05) is 0 Å². The van der Waals surface area contributed by atoms with Gasteiger partial charge < -0.3 is 14.6 Å². The van der Waals surface area contributed by atoms with Gasteiger partial charge in [-0.3, -0.25) is 10.1 Å². The highest BCUT2D eigenvalue weighted by molar-refractivity contribution is 5.77. The lowest BCUT2D eigenvalue weighted by Crippen LogP contribution is -2.38. The maximum absolute atomic E-state index is 10.8. The van der Waals surface area contributed by atoms with Gasteiger partial charge in [-0.05, 0) is 25.5 Å². The van der Waals surface area contributed by atoms with E-state index in [0.717, 1.165) is 32.5 Å². The topological polar surface area (TPSA) is 84.4 Å². The summed E-state index contributed by atoms with van der Waals surface area (Å²) in [6.45, 7) is 5.39. The number of aromatic nitrogens is 1. The van der Waals surface area contributed by atoms with Crippen LogP contribution in [0, 0.1) is 10.1 Å². The fraction of sp³-hybridized carbons (Fsp3) is 0.500. The van der Waals surface area contributed by atoms with Gasteiger partial charge in [-0.25, -0.2) is 0 Å². The van der Waals surface area contributed by atoms with Crippen molar-refractivity contribution in [2.24, 2.45) is 0 Å². The number of fused-ring (bicyclic) bond motifs is 1. The number of hydrogen-bond acceptors (Lipinski definition) is 6. The number of hydrogen-bond donors (Lipinski definition) is 1. The van der Waals surface area contributed by atoms with Crippen molar-refractivity contribution in [2.75, 3.05) is 25.0 Å². The smallest absolute Gasteiger partial charge is 0.295 e. The maximum Gasteiger partial charge on any atom is 0.295 e. The number of nitro benzene ring substituents is 1. The molecular formula is C14H18N4O3. The Morgan fingerprint density at radius 2 is 2.24 bits per heavy atom. The van der Waals surface area contributed by atoms with Crippen molar-refractivity contribution in [3.8, 4) is 0 Å². The summed E-state index contributed by atoms with van der Waals surface area (Å²) in [6.07, 6.45) is 2.10. The van der Waals surface area contributed by atoms with Crippen molar-refractivity contribution in [3.63, 3.8) is 0 Å². The van der Waals surface area contributed by atoms with Gasteiger partial charge in [-0.2, -0.15) is 4.98 Å². The Labute approximate surface area is 122 Å². The molecule has 1 aromatic heterocycles. The first-order valence-corrected chi connectivity index (χ1v) is 7.19. The fourth-order valence-corrected chi connectivity index (χ4v) is 2.66. The molecule has 1 aliphatic rings. The molecule has 2 heterocycles. The molecule has 1 aliphatic heterocycles. The SMILES string of the molecule is CCN1CCC(Nc2nc3ccc([N+](=O)[O-])cc3o2)CC1. The fourth-order valence-electron chi connectivity index (χ4n) is 2.66. The zero-order valence-corrected chi connectivity index (χ0v) is 11.9.